The van der Waals surface area contributed by atoms with Crippen molar-refractivity contribution in [3.05, 3.63) is 59.2 Å². The van der Waals surface area contributed by atoms with Crippen LogP contribution in [0.3, 0.4) is 0 Å². The first-order valence-electron chi connectivity index (χ1n) is 8.95. The van der Waals surface area contributed by atoms with Gasteiger partial charge in [-0.1, -0.05) is 0 Å². The van der Waals surface area contributed by atoms with Gasteiger partial charge in [-0.25, -0.2) is 9.97 Å². The maximum absolute atomic E-state index is 5.26. The molecule has 0 saturated heterocycles. The van der Waals surface area contributed by atoms with Crippen molar-refractivity contribution >= 4 is 33.1 Å². The van der Waals surface area contributed by atoms with Crippen LogP contribution in [-0.2, 0) is 12.8 Å². The van der Waals surface area contributed by atoms with Crippen LogP contribution in [0.5, 0.6) is 5.75 Å². The number of anilines is 2. The monoisotopic (exact) mass is 374 g/mol. The fraction of sp³-hybridized carbons (Fsp3) is 0.190. The molecule has 5 rings (SSSR count). The van der Waals surface area contributed by atoms with Crippen molar-refractivity contribution in [2.24, 2.45) is 0 Å². The lowest BCUT2D eigenvalue weighted by Gasteiger charge is -2.11. The van der Waals surface area contributed by atoms with E-state index in [1.54, 1.807) is 30.8 Å². The number of rotatable bonds is 4. The van der Waals surface area contributed by atoms with E-state index in [2.05, 4.69) is 10.3 Å². The van der Waals surface area contributed by atoms with E-state index in [-0.39, 0.29) is 0 Å². The summed E-state index contributed by atoms with van der Waals surface area (Å²) in [6.45, 7) is 0. The van der Waals surface area contributed by atoms with Crippen molar-refractivity contribution in [1.82, 2.24) is 15.0 Å². The molecule has 5 nitrogen and oxygen atoms in total. The highest BCUT2D eigenvalue weighted by Crippen LogP contribution is 2.41. The number of aromatic nitrogens is 3. The van der Waals surface area contributed by atoms with Gasteiger partial charge >= 0.3 is 0 Å². The van der Waals surface area contributed by atoms with Gasteiger partial charge in [0.1, 0.15) is 16.4 Å². The summed E-state index contributed by atoms with van der Waals surface area (Å²) < 4.78 is 5.26. The number of methoxy groups -OCH3 is 1. The Morgan fingerprint density at radius 3 is 2.74 bits per heavy atom. The Hall–Kier alpha value is -2.99. The van der Waals surface area contributed by atoms with E-state index in [0.717, 1.165) is 45.9 Å². The topological polar surface area (TPSA) is 59.9 Å². The number of hydrogen-bond donors (Lipinski definition) is 1. The van der Waals surface area contributed by atoms with E-state index in [1.165, 1.54) is 16.9 Å². The lowest BCUT2D eigenvalue weighted by atomic mass is 10.1. The number of nitrogens with one attached hydrogen (secondary N) is 1. The third kappa shape index (κ3) is 2.92. The normalized spacial score (nSPS) is 12.9. The molecule has 1 aliphatic rings. The number of aryl methyl sites for hydroxylation is 2. The Morgan fingerprint density at radius 1 is 1.07 bits per heavy atom. The van der Waals surface area contributed by atoms with Gasteiger partial charge in [-0.15, -0.1) is 11.3 Å². The van der Waals surface area contributed by atoms with E-state index in [1.807, 2.05) is 36.4 Å². The number of thiophene rings is 1. The van der Waals surface area contributed by atoms with Gasteiger partial charge in [-0.2, -0.15) is 0 Å². The van der Waals surface area contributed by atoms with E-state index in [4.69, 9.17) is 14.7 Å². The molecular formula is C21H18N4OS. The number of ether oxygens (including phenoxy) is 1. The van der Waals surface area contributed by atoms with Crippen LogP contribution < -0.4 is 10.1 Å². The Labute approximate surface area is 161 Å². The fourth-order valence-corrected chi connectivity index (χ4v) is 4.78. The summed E-state index contributed by atoms with van der Waals surface area (Å²) in [5, 5.41) is 4.67. The third-order valence-electron chi connectivity index (χ3n) is 4.84. The van der Waals surface area contributed by atoms with Gasteiger partial charge in [-0.3, -0.25) is 4.98 Å². The molecule has 0 bridgehead atoms. The summed E-state index contributed by atoms with van der Waals surface area (Å²) >= 11 is 1.79. The zero-order valence-electron chi connectivity index (χ0n) is 14.9. The van der Waals surface area contributed by atoms with E-state index >= 15 is 0 Å². The molecule has 4 aromatic rings. The summed E-state index contributed by atoms with van der Waals surface area (Å²) in [7, 11) is 1.67. The van der Waals surface area contributed by atoms with Crippen LogP contribution in [-0.4, -0.2) is 22.1 Å². The number of benzene rings is 1. The minimum Gasteiger partial charge on any atom is -0.497 e. The molecule has 0 unspecified atom stereocenters. The van der Waals surface area contributed by atoms with E-state index in [0.29, 0.717) is 5.82 Å². The number of pyridine rings is 1. The SMILES string of the molecule is COc1ccc(Nc2nc(-c3cccnc3)nc3sc4c(c23)CCC4)cc1. The molecule has 0 aliphatic heterocycles. The Bertz CT molecular complexity index is 1110. The Balaban J connectivity index is 1.65. The molecule has 0 fully saturated rings. The van der Waals surface area contributed by atoms with Crippen molar-refractivity contribution in [3.63, 3.8) is 0 Å². The Kier molecular flexibility index (Phi) is 3.98. The first-order chi connectivity index (χ1) is 13.3. The quantitative estimate of drug-likeness (QED) is 0.545. The Morgan fingerprint density at radius 2 is 1.96 bits per heavy atom. The number of hydrogen-bond acceptors (Lipinski definition) is 6. The van der Waals surface area contributed by atoms with Gasteiger partial charge in [0.05, 0.1) is 12.5 Å². The zero-order chi connectivity index (χ0) is 18.2. The maximum atomic E-state index is 5.26. The predicted octanol–water partition coefficient (Wildman–Crippen LogP) is 4.99. The van der Waals surface area contributed by atoms with Crippen LogP contribution in [0.4, 0.5) is 11.5 Å². The lowest BCUT2D eigenvalue weighted by Crippen LogP contribution is -1.99. The summed E-state index contributed by atoms with van der Waals surface area (Å²) in [4.78, 5) is 16.4. The molecule has 3 aromatic heterocycles. The van der Waals surface area contributed by atoms with Crippen LogP contribution in [0.1, 0.15) is 16.9 Å². The number of fused-ring (bicyclic) bond motifs is 3. The molecule has 6 heteroatoms. The standard InChI is InChI=1S/C21H18N4OS/c1-26-15-9-7-14(8-10-15)23-20-18-16-5-2-6-17(16)27-21(18)25-19(24-20)13-4-3-11-22-12-13/h3-4,7-12H,2,5-6H2,1H3,(H,23,24,25). The van der Waals surface area contributed by atoms with Crippen molar-refractivity contribution in [3.8, 4) is 17.1 Å². The molecule has 134 valence electrons. The summed E-state index contributed by atoms with van der Waals surface area (Å²) in [6, 6.07) is 11.8. The molecule has 0 saturated carbocycles. The molecule has 0 spiro atoms. The minimum atomic E-state index is 0.700. The minimum absolute atomic E-state index is 0.700. The van der Waals surface area contributed by atoms with Crippen LogP contribution in [0.25, 0.3) is 21.6 Å². The largest absolute Gasteiger partial charge is 0.497 e. The van der Waals surface area contributed by atoms with Gasteiger partial charge in [0, 0.05) is 28.5 Å². The van der Waals surface area contributed by atoms with Crippen LogP contribution in [0, 0.1) is 0 Å². The maximum Gasteiger partial charge on any atom is 0.164 e. The van der Waals surface area contributed by atoms with Crippen molar-refractivity contribution in [2.75, 3.05) is 12.4 Å². The molecule has 0 amide bonds. The molecule has 1 aliphatic carbocycles. The van der Waals surface area contributed by atoms with Crippen LogP contribution in [0.2, 0.25) is 0 Å². The zero-order valence-corrected chi connectivity index (χ0v) is 15.7. The molecule has 0 radical (unpaired) electrons. The van der Waals surface area contributed by atoms with Crippen LogP contribution in [0.15, 0.2) is 48.8 Å². The second-order valence-electron chi connectivity index (χ2n) is 6.53. The average molecular weight is 374 g/mol. The average Bonchev–Trinajstić information content (AvgIpc) is 3.30. The van der Waals surface area contributed by atoms with Gasteiger partial charge in [0.15, 0.2) is 5.82 Å². The predicted molar refractivity (Wildman–Crippen MR) is 109 cm³/mol. The summed E-state index contributed by atoms with van der Waals surface area (Å²) in [6.07, 6.45) is 7.02. The second-order valence-corrected chi connectivity index (χ2v) is 7.61. The smallest absolute Gasteiger partial charge is 0.164 e. The highest BCUT2D eigenvalue weighted by molar-refractivity contribution is 7.19. The third-order valence-corrected chi connectivity index (χ3v) is 6.02. The second kappa shape index (κ2) is 6.63. The van der Waals surface area contributed by atoms with Gasteiger partial charge in [0.2, 0.25) is 0 Å². The van der Waals surface area contributed by atoms with Gasteiger partial charge in [0.25, 0.3) is 0 Å². The fourth-order valence-electron chi connectivity index (χ4n) is 3.52. The number of nitrogens with zero attached hydrogens (tertiary/aromatic N) is 3. The molecule has 3 heterocycles. The van der Waals surface area contributed by atoms with E-state index in [9.17, 15) is 0 Å². The van der Waals surface area contributed by atoms with E-state index < -0.39 is 0 Å². The van der Waals surface area contributed by atoms with Gasteiger partial charge in [-0.05, 0) is 61.2 Å². The highest BCUT2D eigenvalue weighted by atomic mass is 32.1. The van der Waals surface area contributed by atoms with Gasteiger partial charge < -0.3 is 10.1 Å². The molecule has 1 N–H and O–H groups in total. The summed E-state index contributed by atoms with van der Waals surface area (Å²) in [5.74, 6) is 2.40. The highest BCUT2D eigenvalue weighted by Gasteiger charge is 2.22. The molecular weight excluding hydrogens is 356 g/mol. The molecule has 1 aromatic carbocycles. The first kappa shape index (κ1) is 16.2. The van der Waals surface area contributed by atoms with Crippen molar-refractivity contribution in [1.29, 1.82) is 0 Å². The summed E-state index contributed by atoms with van der Waals surface area (Å²) in [5.41, 5.74) is 3.31. The molecule has 0 atom stereocenters. The first-order valence-corrected chi connectivity index (χ1v) is 9.77. The van der Waals surface area contributed by atoms with Crippen molar-refractivity contribution < 1.29 is 4.74 Å². The molecule has 27 heavy (non-hydrogen) atoms. The van der Waals surface area contributed by atoms with Crippen LogP contribution >= 0.6 is 11.3 Å². The lowest BCUT2D eigenvalue weighted by molar-refractivity contribution is 0.415. The van der Waals surface area contributed by atoms with Crippen molar-refractivity contribution in [2.45, 2.75) is 19.3 Å².